The molecule has 1 aliphatic carbocycles. The van der Waals surface area contributed by atoms with E-state index in [1.807, 2.05) is 11.3 Å². The molecular formula is C17H23N3S. The first-order chi connectivity index (χ1) is 10.2. The highest BCUT2D eigenvalue weighted by atomic mass is 32.1. The van der Waals surface area contributed by atoms with Gasteiger partial charge in [0.15, 0.2) is 5.13 Å². The summed E-state index contributed by atoms with van der Waals surface area (Å²) in [5.41, 5.74) is 3.75. The Balaban J connectivity index is 1.82. The molecule has 3 nitrogen and oxygen atoms in total. The van der Waals surface area contributed by atoms with Crippen molar-refractivity contribution in [3.8, 4) is 0 Å². The minimum absolute atomic E-state index is 0.745. The van der Waals surface area contributed by atoms with Gasteiger partial charge < -0.3 is 10.2 Å². The summed E-state index contributed by atoms with van der Waals surface area (Å²) >= 11 is 1.82. The van der Waals surface area contributed by atoms with Gasteiger partial charge in [0.05, 0.1) is 5.69 Å². The van der Waals surface area contributed by atoms with Gasteiger partial charge in [-0.05, 0) is 37.8 Å². The number of benzene rings is 1. The molecule has 0 bridgehead atoms. The number of thiazole rings is 1. The Morgan fingerprint density at radius 2 is 2.10 bits per heavy atom. The molecule has 0 spiro atoms. The maximum absolute atomic E-state index is 4.85. The Morgan fingerprint density at radius 1 is 1.33 bits per heavy atom. The van der Waals surface area contributed by atoms with Gasteiger partial charge in [0.1, 0.15) is 0 Å². The highest BCUT2D eigenvalue weighted by molar-refractivity contribution is 7.15. The zero-order valence-electron chi connectivity index (χ0n) is 13.0. The normalized spacial score (nSPS) is 14.4. The Morgan fingerprint density at radius 3 is 2.76 bits per heavy atom. The van der Waals surface area contributed by atoms with Crippen molar-refractivity contribution in [1.29, 1.82) is 0 Å². The second kappa shape index (κ2) is 6.16. The van der Waals surface area contributed by atoms with Crippen molar-refractivity contribution in [2.45, 2.75) is 45.7 Å². The molecule has 0 aliphatic heterocycles. The molecule has 0 atom stereocenters. The molecule has 1 heterocycles. The van der Waals surface area contributed by atoms with Crippen LogP contribution >= 0.6 is 11.3 Å². The number of rotatable bonds is 6. The summed E-state index contributed by atoms with van der Waals surface area (Å²) in [5.74, 6) is 0. The smallest absolute Gasteiger partial charge is 0.190 e. The Labute approximate surface area is 131 Å². The monoisotopic (exact) mass is 301 g/mol. The number of hydrogen-bond acceptors (Lipinski definition) is 4. The topological polar surface area (TPSA) is 28.2 Å². The molecule has 1 fully saturated rings. The van der Waals surface area contributed by atoms with E-state index < -0.39 is 0 Å². The molecule has 1 aromatic carbocycles. The third-order valence-corrected chi connectivity index (χ3v) is 5.17. The molecule has 0 saturated heterocycles. The van der Waals surface area contributed by atoms with Crippen molar-refractivity contribution < 1.29 is 0 Å². The zero-order valence-corrected chi connectivity index (χ0v) is 13.8. The average molecular weight is 301 g/mol. The van der Waals surface area contributed by atoms with Crippen LogP contribution in [-0.2, 0) is 13.0 Å². The molecule has 2 aromatic rings. The van der Waals surface area contributed by atoms with Gasteiger partial charge in [-0.3, -0.25) is 0 Å². The van der Waals surface area contributed by atoms with E-state index in [2.05, 4.69) is 55.4 Å². The first-order valence-corrected chi connectivity index (χ1v) is 8.52. The fourth-order valence-corrected chi connectivity index (χ4v) is 3.57. The Kier molecular flexibility index (Phi) is 4.27. The lowest BCUT2D eigenvalue weighted by atomic mass is 10.2. The summed E-state index contributed by atoms with van der Waals surface area (Å²) in [6, 6.07) is 9.22. The highest BCUT2D eigenvalue weighted by Crippen LogP contribution is 2.33. The molecule has 1 aromatic heterocycles. The van der Waals surface area contributed by atoms with Crippen LogP contribution in [0, 0.1) is 6.92 Å². The van der Waals surface area contributed by atoms with Crippen LogP contribution < -0.4 is 10.2 Å². The first-order valence-electron chi connectivity index (χ1n) is 7.70. The van der Waals surface area contributed by atoms with Gasteiger partial charge in [-0.1, -0.05) is 36.5 Å². The lowest BCUT2D eigenvalue weighted by molar-refractivity contribution is 0.689. The molecule has 1 saturated carbocycles. The van der Waals surface area contributed by atoms with E-state index in [0.717, 1.165) is 24.1 Å². The van der Waals surface area contributed by atoms with E-state index in [9.17, 15) is 0 Å². The summed E-state index contributed by atoms with van der Waals surface area (Å²) in [5, 5.41) is 4.69. The lowest BCUT2D eigenvalue weighted by Gasteiger charge is -2.18. The highest BCUT2D eigenvalue weighted by Gasteiger charge is 2.22. The quantitative estimate of drug-likeness (QED) is 0.873. The fraction of sp³-hybridized carbons (Fsp3) is 0.471. The number of hydrogen-bond donors (Lipinski definition) is 1. The van der Waals surface area contributed by atoms with E-state index in [4.69, 9.17) is 4.98 Å². The number of aromatic nitrogens is 1. The zero-order chi connectivity index (χ0) is 14.8. The third-order valence-electron chi connectivity index (χ3n) is 3.99. The van der Waals surface area contributed by atoms with Gasteiger partial charge in [-0.15, -0.1) is 0 Å². The van der Waals surface area contributed by atoms with E-state index >= 15 is 0 Å². The largest absolute Gasteiger partial charge is 0.321 e. The minimum Gasteiger partial charge on any atom is -0.321 e. The van der Waals surface area contributed by atoms with E-state index in [-0.39, 0.29) is 0 Å². The predicted octanol–water partition coefficient (Wildman–Crippen LogP) is 4.03. The molecule has 4 heteroatoms. The van der Waals surface area contributed by atoms with E-state index in [1.165, 1.54) is 34.7 Å². The summed E-state index contributed by atoms with van der Waals surface area (Å²) in [6.07, 6.45) is 3.66. The summed E-state index contributed by atoms with van der Waals surface area (Å²) < 4.78 is 0. The Hall–Kier alpha value is -1.39. The number of aryl methyl sites for hydroxylation is 2. The molecular weight excluding hydrogens is 278 g/mol. The molecule has 0 unspecified atom stereocenters. The van der Waals surface area contributed by atoms with Crippen LogP contribution in [0.15, 0.2) is 24.3 Å². The van der Waals surface area contributed by atoms with Crippen molar-refractivity contribution in [3.63, 3.8) is 0 Å². The van der Waals surface area contributed by atoms with Crippen molar-refractivity contribution in [2.24, 2.45) is 0 Å². The summed E-state index contributed by atoms with van der Waals surface area (Å²) in [7, 11) is 2.11. The summed E-state index contributed by atoms with van der Waals surface area (Å²) in [4.78, 5) is 8.45. The van der Waals surface area contributed by atoms with Gasteiger partial charge in [-0.2, -0.15) is 0 Å². The van der Waals surface area contributed by atoms with Crippen molar-refractivity contribution in [1.82, 2.24) is 10.3 Å². The number of anilines is 2. The third kappa shape index (κ3) is 3.27. The maximum Gasteiger partial charge on any atom is 0.190 e. The van der Waals surface area contributed by atoms with Crippen molar-refractivity contribution >= 4 is 22.2 Å². The van der Waals surface area contributed by atoms with Gasteiger partial charge in [-0.25, -0.2) is 4.98 Å². The number of nitrogens with one attached hydrogen (secondary N) is 1. The lowest BCUT2D eigenvalue weighted by Crippen LogP contribution is -2.15. The van der Waals surface area contributed by atoms with E-state index in [1.54, 1.807) is 0 Å². The summed E-state index contributed by atoms with van der Waals surface area (Å²) in [6.45, 7) is 5.30. The van der Waals surface area contributed by atoms with E-state index in [0.29, 0.717) is 0 Å². The first kappa shape index (κ1) is 14.5. The molecule has 0 radical (unpaired) electrons. The minimum atomic E-state index is 0.745. The molecule has 1 aliphatic rings. The standard InChI is InChI=1S/C17H23N3S/c1-4-14-16(11-18-13-9-10-13)21-17(19-14)20(3)15-8-6-5-7-12(15)2/h5-8,13,18H,4,9-11H2,1-3H3. The molecule has 1 N–H and O–H groups in total. The van der Waals surface area contributed by atoms with Crippen molar-refractivity contribution in [3.05, 3.63) is 40.4 Å². The van der Waals surface area contributed by atoms with Gasteiger partial charge in [0.2, 0.25) is 0 Å². The number of para-hydroxylation sites is 1. The SMILES string of the molecule is CCc1nc(N(C)c2ccccc2C)sc1CNC1CC1. The Bertz CT molecular complexity index is 616. The molecule has 21 heavy (non-hydrogen) atoms. The van der Waals surface area contributed by atoms with Crippen LogP contribution in [0.4, 0.5) is 10.8 Å². The van der Waals surface area contributed by atoms with Crippen LogP contribution in [0.1, 0.15) is 35.9 Å². The van der Waals surface area contributed by atoms with Crippen LogP contribution in [0.3, 0.4) is 0 Å². The van der Waals surface area contributed by atoms with Gasteiger partial charge in [0, 0.05) is 30.2 Å². The second-order valence-corrected chi connectivity index (χ2v) is 6.78. The van der Waals surface area contributed by atoms with Crippen LogP contribution in [0.2, 0.25) is 0 Å². The van der Waals surface area contributed by atoms with Crippen molar-refractivity contribution in [2.75, 3.05) is 11.9 Å². The van der Waals surface area contributed by atoms with Gasteiger partial charge in [0.25, 0.3) is 0 Å². The molecule has 112 valence electrons. The fourth-order valence-electron chi connectivity index (χ4n) is 2.49. The van der Waals surface area contributed by atoms with Crippen LogP contribution in [0.25, 0.3) is 0 Å². The second-order valence-electron chi connectivity index (χ2n) is 5.72. The molecule has 0 amide bonds. The maximum atomic E-state index is 4.85. The van der Waals surface area contributed by atoms with Crippen LogP contribution in [-0.4, -0.2) is 18.1 Å². The molecule has 3 rings (SSSR count). The average Bonchev–Trinajstić information content (AvgIpc) is 3.23. The van der Waals surface area contributed by atoms with Gasteiger partial charge >= 0.3 is 0 Å². The van der Waals surface area contributed by atoms with Crippen LogP contribution in [0.5, 0.6) is 0 Å². The predicted molar refractivity (Wildman–Crippen MR) is 90.6 cm³/mol. The number of nitrogens with zero attached hydrogens (tertiary/aromatic N) is 2.